The number of methoxy groups -OCH3 is 3. The van der Waals surface area contributed by atoms with Gasteiger partial charge in [0, 0.05) is 42.8 Å². The van der Waals surface area contributed by atoms with Gasteiger partial charge in [-0.05, 0) is 83.1 Å². The molecule has 0 radical (unpaired) electrons. The van der Waals surface area contributed by atoms with Gasteiger partial charge in [0.25, 0.3) is 0 Å². The average molecular weight is 667 g/mol. The fraction of sp³-hybridized carbons (Fsp3) is 0.238. The van der Waals surface area contributed by atoms with Gasteiger partial charge in [-0.3, -0.25) is 9.98 Å². The van der Waals surface area contributed by atoms with Crippen LogP contribution in [-0.2, 0) is 32.3 Å². The van der Waals surface area contributed by atoms with E-state index in [1.165, 1.54) is 5.56 Å². The molecule has 252 valence electrons. The van der Waals surface area contributed by atoms with Crippen LogP contribution >= 0.6 is 0 Å². The normalized spacial score (nSPS) is 14.5. The monoisotopic (exact) mass is 666 g/mol. The summed E-state index contributed by atoms with van der Waals surface area (Å²) in [4.78, 5) is 10.0. The fourth-order valence-electron chi connectivity index (χ4n) is 6.92. The summed E-state index contributed by atoms with van der Waals surface area (Å²) in [5.74, 6) is 4.88. The van der Waals surface area contributed by atoms with E-state index in [-0.39, 0.29) is 0 Å². The summed E-state index contributed by atoms with van der Waals surface area (Å²) >= 11 is 0. The minimum Gasteiger partial charge on any atom is -0.493 e. The van der Waals surface area contributed by atoms with Crippen molar-refractivity contribution >= 4 is 11.4 Å². The number of aliphatic imine (C=N–C) groups is 2. The van der Waals surface area contributed by atoms with Crippen LogP contribution in [0.2, 0.25) is 0 Å². The molecule has 5 aromatic rings. The zero-order chi connectivity index (χ0) is 34.0. The summed E-state index contributed by atoms with van der Waals surface area (Å²) in [6, 6.07) is 30.6. The van der Waals surface area contributed by atoms with Crippen LogP contribution in [-0.4, -0.2) is 45.8 Å². The van der Waals surface area contributed by atoms with Crippen LogP contribution in [0.1, 0.15) is 38.9 Å². The largest absolute Gasteiger partial charge is 0.493 e. The smallest absolute Gasteiger partial charge is 0.204 e. The molecule has 4 aliphatic rings. The molecule has 9 rings (SSSR count). The summed E-state index contributed by atoms with van der Waals surface area (Å²) in [6.45, 7) is 1.78. The van der Waals surface area contributed by atoms with Gasteiger partial charge in [-0.2, -0.15) is 0 Å². The zero-order valence-corrected chi connectivity index (χ0v) is 28.5. The van der Waals surface area contributed by atoms with Crippen molar-refractivity contribution in [2.24, 2.45) is 9.98 Å². The highest BCUT2D eigenvalue weighted by Crippen LogP contribution is 2.48. The van der Waals surface area contributed by atoms with E-state index in [4.69, 9.17) is 38.4 Å². The first-order valence-electron chi connectivity index (χ1n) is 16.9. The summed E-state index contributed by atoms with van der Waals surface area (Å²) in [5, 5.41) is 0. The molecular weight excluding hydrogens is 628 g/mol. The van der Waals surface area contributed by atoms with E-state index in [0.717, 1.165) is 63.4 Å². The first-order valence-corrected chi connectivity index (χ1v) is 16.9. The molecule has 50 heavy (non-hydrogen) atoms. The van der Waals surface area contributed by atoms with Gasteiger partial charge in [-0.25, -0.2) is 0 Å². The Hall–Kier alpha value is -5.76. The van der Waals surface area contributed by atoms with Crippen LogP contribution in [0.25, 0.3) is 0 Å². The first kappa shape index (κ1) is 31.5. The van der Waals surface area contributed by atoms with Crippen LogP contribution in [0.3, 0.4) is 0 Å². The Labute approximate surface area is 291 Å². The number of hydrogen-bond donors (Lipinski definition) is 0. The van der Waals surface area contributed by atoms with E-state index in [1.807, 2.05) is 48.5 Å². The molecule has 0 aliphatic carbocycles. The molecule has 0 spiro atoms. The Kier molecular flexibility index (Phi) is 8.59. The third kappa shape index (κ3) is 6.13. The molecule has 0 amide bonds. The molecule has 8 nitrogen and oxygen atoms in total. The van der Waals surface area contributed by atoms with Gasteiger partial charge >= 0.3 is 0 Å². The quantitative estimate of drug-likeness (QED) is 0.181. The Balaban J connectivity index is 1.28. The first-order chi connectivity index (χ1) is 24.6. The maximum Gasteiger partial charge on any atom is 0.204 e. The second kappa shape index (κ2) is 13.6. The number of hydrogen-bond acceptors (Lipinski definition) is 8. The summed E-state index contributed by atoms with van der Waals surface area (Å²) in [6.07, 6.45) is 2.76. The molecule has 0 fully saturated rings. The maximum absolute atomic E-state index is 6.91. The van der Waals surface area contributed by atoms with E-state index >= 15 is 0 Å². The summed E-state index contributed by atoms with van der Waals surface area (Å²) < 4.78 is 37.5. The Morgan fingerprint density at radius 2 is 1.32 bits per heavy atom. The van der Waals surface area contributed by atoms with Gasteiger partial charge in [-0.1, -0.05) is 48.5 Å². The third-order valence-corrected chi connectivity index (χ3v) is 9.42. The standard InChI is InChI=1S/C42H38N2O6/c1-45-36-22-29-15-17-43-33-19-26-9-12-31(13-10-26)49-37-21-28(11-14-35(37)48-25-27-7-5-4-6-8-27)20-34-40-30(16-18-44-34)23-39(46-2)41(47-3)42(40)50-38(36)24-32(29)33/h4-14,21-24H,15-20,25H2,1-3H3. The highest BCUT2D eigenvalue weighted by Gasteiger charge is 2.29. The van der Waals surface area contributed by atoms with Crippen molar-refractivity contribution in [3.63, 3.8) is 0 Å². The van der Waals surface area contributed by atoms with Crippen molar-refractivity contribution in [3.8, 4) is 46.0 Å². The molecule has 0 aromatic heterocycles. The topological polar surface area (TPSA) is 80.1 Å². The summed E-state index contributed by atoms with van der Waals surface area (Å²) in [5.41, 5.74) is 9.31. The average Bonchev–Trinajstić information content (AvgIpc) is 3.15. The van der Waals surface area contributed by atoms with Crippen molar-refractivity contribution in [1.29, 1.82) is 0 Å². The van der Waals surface area contributed by atoms with Crippen LogP contribution in [0.15, 0.2) is 101 Å². The zero-order valence-electron chi connectivity index (χ0n) is 28.5. The molecule has 0 saturated heterocycles. The SMILES string of the molecule is COc1cc2c3cc1Oc1c(OC)c(OC)cc4c1C(=NCC4)Cc1ccc(OCc4ccccc4)c(c1)Oc1ccc(cc1)CC3=NCC2. The number of rotatable bonds is 6. The maximum atomic E-state index is 6.91. The second-order valence-corrected chi connectivity index (χ2v) is 12.5. The van der Waals surface area contributed by atoms with Gasteiger partial charge in [-0.15, -0.1) is 0 Å². The predicted octanol–water partition coefficient (Wildman–Crippen LogP) is 8.37. The number of benzene rings is 5. The number of fused-ring (bicyclic) bond motifs is 2. The molecule has 4 heterocycles. The van der Waals surface area contributed by atoms with Crippen LogP contribution in [0, 0.1) is 0 Å². The van der Waals surface area contributed by atoms with Gasteiger partial charge in [0.1, 0.15) is 12.4 Å². The third-order valence-electron chi connectivity index (χ3n) is 9.42. The minimum atomic E-state index is 0.422. The Morgan fingerprint density at radius 1 is 0.620 bits per heavy atom. The number of ether oxygens (including phenoxy) is 6. The van der Waals surface area contributed by atoms with Gasteiger partial charge < -0.3 is 28.4 Å². The van der Waals surface area contributed by atoms with E-state index < -0.39 is 0 Å². The van der Waals surface area contributed by atoms with Crippen LogP contribution < -0.4 is 28.4 Å². The molecule has 8 heteroatoms. The molecule has 0 atom stereocenters. The van der Waals surface area contributed by atoms with Gasteiger partial charge in [0.2, 0.25) is 5.75 Å². The van der Waals surface area contributed by atoms with Crippen molar-refractivity contribution in [2.75, 3.05) is 34.4 Å². The van der Waals surface area contributed by atoms with E-state index in [0.29, 0.717) is 72.8 Å². The van der Waals surface area contributed by atoms with Gasteiger partial charge in [0.05, 0.1) is 27.0 Å². The molecule has 0 N–H and O–H groups in total. The van der Waals surface area contributed by atoms with E-state index in [9.17, 15) is 0 Å². The van der Waals surface area contributed by atoms with Gasteiger partial charge in [0.15, 0.2) is 34.5 Å². The highest BCUT2D eigenvalue weighted by atomic mass is 16.5. The second-order valence-electron chi connectivity index (χ2n) is 12.5. The van der Waals surface area contributed by atoms with Crippen LogP contribution in [0.4, 0.5) is 0 Å². The lowest BCUT2D eigenvalue weighted by molar-refractivity contribution is 0.291. The number of nitrogens with zero attached hydrogens (tertiary/aromatic N) is 2. The lowest BCUT2D eigenvalue weighted by Gasteiger charge is -2.26. The minimum absolute atomic E-state index is 0.422. The lowest BCUT2D eigenvalue weighted by Crippen LogP contribution is -2.18. The Morgan fingerprint density at radius 3 is 2.10 bits per heavy atom. The molecule has 6 bridgehead atoms. The predicted molar refractivity (Wildman–Crippen MR) is 194 cm³/mol. The molecule has 5 aromatic carbocycles. The summed E-state index contributed by atoms with van der Waals surface area (Å²) in [7, 11) is 4.95. The van der Waals surface area contributed by atoms with Crippen molar-refractivity contribution in [2.45, 2.75) is 32.3 Å². The highest BCUT2D eigenvalue weighted by molar-refractivity contribution is 6.07. The molecule has 0 saturated carbocycles. The van der Waals surface area contributed by atoms with E-state index in [1.54, 1.807) is 21.3 Å². The molecule has 0 unspecified atom stereocenters. The Bertz CT molecular complexity index is 2120. The van der Waals surface area contributed by atoms with E-state index in [2.05, 4.69) is 42.5 Å². The van der Waals surface area contributed by atoms with Crippen LogP contribution in [0.5, 0.6) is 46.0 Å². The fourth-order valence-corrected chi connectivity index (χ4v) is 6.92. The van der Waals surface area contributed by atoms with Crippen molar-refractivity contribution < 1.29 is 28.4 Å². The molecular formula is C42H38N2O6. The lowest BCUT2D eigenvalue weighted by atomic mass is 9.91. The van der Waals surface area contributed by atoms with Crippen molar-refractivity contribution in [3.05, 3.63) is 130 Å². The molecule has 4 aliphatic heterocycles. The van der Waals surface area contributed by atoms with Crippen molar-refractivity contribution in [1.82, 2.24) is 0 Å².